The second kappa shape index (κ2) is 5.64. The number of nitrogens with zero attached hydrogens (tertiary/aromatic N) is 2. The molecule has 0 saturated heterocycles. The van der Waals surface area contributed by atoms with Gasteiger partial charge in [0.25, 0.3) is 5.89 Å². The summed E-state index contributed by atoms with van der Waals surface area (Å²) in [4.78, 5) is 0. The second-order valence-corrected chi connectivity index (χ2v) is 2.83. The van der Waals surface area contributed by atoms with Crippen molar-refractivity contribution in [1.82, 2.24) is 15.5 Å². The number of aromatic nitrogens is 2. The van der Waals surface area contributed by atoms with Gasteiger partial charge in [0.1, 0.15) is 0 Å². The van der Waals surface area contributed by atoms with Gasteiger partial charge in [-0.05, 0) is 13.0 Å². The number of rotatable bonds is 6. The fourth-order valence-corrected chi connectivity index (χ4v) is 0.953. The van der Waals surface area contributed by atoms with Gasteiger partial charge in [-0.3, -0.25) is 0 Å². The Bertz CT molecular complexity index is 265. The van der Waals surface area contributed by atoms with Gasteiger partial charge >= 0.3 is 6.43 Å². The van der Waals surface area contributed by atoms with Crippen LogP contribution in [0.3, 0.4) is 0 Å². The van der Waals surface area contributed by atoms with Gasteiger partial charge in [-0.2, -0.15) is 8.78 Å². The SMILES string of the molecule is CCCNCCc1nnc(C(F)F)o1. The van der Waals surface area contributed by atoms with E-state index < -0.39 is 12.3 Å². The molecule has 1 N–H and O–H groups in total. The van der Waals surface area contributed by atoms with Crippen molar-refractivity contribution in [2.75, 3.05) is 13.1 Å². The molecule has 0 aliphatic carbocycles. The Labute approximate surface area is 80.7 Å². The Morgan fingerprint density at radius 1 is 1.36 bits per heavy atom. The van der Waals surface area contributed by atoms with E-state index in [0.717, 1.165) is 13.0 Å². The highest BCUT2D eigenvalue weighted by atomic mass is 19.3. The number of hydrogen-bond donors (Lipinski definition) is 1. The van der Waals surface area contributed by atoms with Crippen LogP contribution in [0.15, 0.2) is 4.42 Å². The van der Waals surface area contributed by atoms with Gasteiger partial charge < -0.3 is 9.73 Å². The highest BCUT2D eigenvalue weighted by Crippen LogP contribution is 2.16. The van der Waals surface area contributed by atoms with E-state index in [4.69, 9.17) is 4.42 Å². The Kier molecular flexibility index (Phi) is 4.45. The molecule has 1 rings (SSSR count). The molecule has 0 amide bonds. The first kappa shape index (κ1) is 11.0. The van der Waals surface area contributed by atoms with Gasteiger partial charge in [0.15, 0.2) is 0 Å². The fourth-order valence-electron chi connectivity index (χ4n) is 0.953. The maximum atomic E-state index is 12.0. The van der Waals surface area contributed by atoms with E-state index in [0.29, 0.717) is 13.0 Å². The number of hydrogen-bond acceptors (Lipinski definition) is 4. The van der Waals surface area contributed by atoms with Crippen molar-refractivity contribution in [2.24, 2.45) is 0 Å². The summed E-state index contributed by atoms with van der Waals surface area (Å²) in [5.74, 6) is -0.348. The summed E-state index contributed by atoms with van der Waals surface area (Å²) >= 11 is 0. The maximum absolute atomic E-state index is 12.0. The van der Waals surface area contributed by atoms with Gasteiger partial charge in [0.05, 0.1) is 0 Å². The van der Waals surface area contributed by atoms with Crippen molar-refractivity contribution in [3.8, 4) is 0 Å². The van der Waals surface area contributed by atoms with Crippen LogP contribution in [-0.4, -0.2) is 23.3 Å². The van der Waals surface area contributed by atoms with Crippen molar-refractivity contribution >= 4 is 0 Å². The summed E-state index contributed by atoms with van der Waals surface area (Å²) in [5, 5.41) is 9.83. The summed E-state index contributed by atoms with van der Waals surface area (Å²) in [5.41, 5.74) is 0. The van der Waals surface area contributed by atoms with Crippen LogP contribution in [0.1, 0.15) is 31.6 Å². The lowest BCUT2D eigenvalue weighted by Crippen LogP contribution is -2.17. The molecule has 80 valence electrons. The molecule has 0 spiro atoms. The first-order valence-electron chi connectivity index (χ1n) is 4.55. The fraction of sp³-hybridized carbons (Fsp3) is 0.750. The zero-order chi connectivity index (χ0) is 10.4. The highest BCUT2D eigenvalue weighted by molar-refractivity contribution is 4.83. The molecule has 1 aromatic heterocycles. The molecule has 0 fully saturated rings. The molecule has 6 heteroatoms. The molecular formula is C8H13F2N3O. The van der Waals surface area contributed by atoms with E-state index in [1.807, 2.05) is 0 Å². The van der Waals surface area contributed by atoms with Crippen molar-refractivity contribution in [1.29, 1.82) is 0 Å². The van der Waals surface area contributed by atoms with Crippen molar-refractivity contribution in [3.63, 3.8) is 0 Å². The summed E-state index contributed by atoms with van der Waals surface area (Å²) in [7, 11) is 0. The predicted molar refractivity (Wildman–Crippen MR) is 46.1 cm³/mol. The van der Waals surface area contributed by atoms with Crippen LogP contribution < -0.4 is 5.32 Å². The van der Waals surface area contributed by atoms with E-state index >= 15 is 0 Å². The highest BCUT2D eigenvalue weighted by Gasteiger charge is 2.15. The summed E-state index contributed by atoms with van der Waals surface area (Å²) in [6, 6.07) is 0. The maximum Gasteiger partial charge on any atom is 0.314 e. The molecule has 0 aliphatic heterocycles. The molecule has 0 aromatic carbocycles. The molecule has 0 radical (unpaired) electrons. The zero-order valence-corrected chi connectivity index (χ0v) is 7.96. The molecule has 0 atom stereocenters. The molecule has 0 bridgehead atoms. The lowest BCUT2D eigenvalue weighted by molar-refractivity contribution is 0.113. The third-order valence-corrected chi connectivity index (χ3v) is 1.61. The minimum absolute atomic E-state index is 0.254. The van der Waals surface area contributed by atoms with Gasteiger partial charge in [-0.1, -0.05) is 6.92 Å². The molecule has 1 heterocycles. The minimum Gasteiger partial charge on any atom is -0.420 e. The zero-order valence-electron chi connectivity index (χ0n) is 7.96. The molecule has 0 unspecified atom stereocenters. The minimum atomic E-state index is -2.68. The third kappa shape index (κ3) is 3.37. The van der Waals surface area contributed by atoms with Gasteiger partial charge in [-0.15, -0.1) is 10.2 Å². The lowest BCUT2D eigenvalue weighted by atomic mass is 10.4. The van der Waals surface area contributed by atoms with Gasteiger partial charge in [0, 0.05) is 13.0 Å². The normalized spacial score (nSPS) is 11.1. The van der Waals surface area contributed by atoms with E-state index in [2.05, 4.69) is 22.4 Å². The first-order valence-corrected chi connectivity index (χ1v) is 4.55. The Morgan fingerprint density at radius 3 is 2.71 bits per heavy atom. The number of alkyl halides is 2. The molecule has 14 heavy (non-hydrogen) atoms. The summed E-state index contributed by atoms with van der Waals surface area (Å²) < 4.78 is 28.7. The molecular weight excluding hydrogens is 192 g/mol. The van der Waals surface area contributed by atoms with E-state index in [9.17, 15) is 8.78 Å². The van der Waals surface area contributed by atoms with Gasteiger partial charge in [0.2, 0.25) is 5.89 Å². The standard InChI is InChI=1S/C8H13F2N3O/c1-2-4-11-5-3-6-12-13-8(14-6)7(9)10/h7,11H,2-5H2,1H3. The van der Waals surface area contributed by atoms with Crippen molar-refractivity contribution in [3.05, 3.63) is 11.8 Å². The average molecular weight is 205 g/mol. The van der Waals surface area contributed by atoms with Crippen molar-refractivity contribution in [2.45, 2.75) is 26.2 Å². The molecule has 0 aliphatic rings. The van der Waals surface area contributed by atoms with E-state index in [-0.39, 0.29) is 5.89 Å². The topological polar surface area (TPSA) is 51.0 Å². The van der Waals surface area contributed by atoms with Crippen LogP contribution in [-0.2, 0) is 6.42 Å². The molecule has 1 aromatic rings. The largest absolute Gasteiger partial charge is 0.420 e. The molecule has 4 nitrogen and oxygen atoms in total. The van der Waals surface area contributed by atoms with Crippen LogP contribution in [0.2, 0.25) is 0 Å². The Balaban J connectivity index is 2.29. The van der Waals surface area contributed by atoms with E-state index in [1.54, 1.807) is 0 Å². The van der Waals surface area contributed by atoms with Crippen LogP contribution in [0.25, 0.3) is 0 Å². The predicted octanol–water partition coefficient (Wildman–Crippen LogP) is 1.55. The molecule has 0 saturated carbocycles. The van der Waals surface area contributed by atoms with Crippen LogP contribution in [0.4, 0.5) is 8.78 Å². The van der Waals surface area contributed by atoms with Gasteiger partial charge in [-0.25, -0.2) is 0 Å². The Hall–Kier alpha value is -1.04. The second-order valence-electron chi connectivity index (χ2n) is 2.83. The van der Waals surface area contributed by atoms with E-state index in [1.165, 1.54) is 0 Å². The Morgan fingerprint density at radius 2 is 2.14 bits per heavy atom. The third-order valence-electron chi connectivity index (χ3n) is 1.61. The quantitative estimate of drug-likeness (QED) is 0.716. The summed E-state index contributed by atoms with van der Waals surface area (Å²) in [6.45, 7) is 3.61. The first-order chi connectivity index (χ1) is 6.74. The van der Waals surface area contributed by atoms with Crippen molar-refractivity contribution < 1.29 is 13.2 Å². The number of nitrogens with one attached hydrogen (secondary N) is 1. The lowest BCUT2D eigenvalue weighted by Gasteiger charge is -1.98. The van der Waals surface area contributed by atoms with Crippen LogP contribution in [0.5, 0.6) is 0 Å². The summed E-state index contributed by atoms with van der Waals surface area (Å²) in [6.07, 6.45) is -1.16. The van der Waals surface area contributed by atoms with Crippen LogP contribution in [0, 0.1) is 0 Å². The smallest absolute Gasteiger partial charge is 0.314 e. The number of halogens is 2. The van der Waals surface area contributed by atoms with Crippen LogP contribution >= 0.6 is 0 Å². The average Bonchev–Trinajstić information content (AvgIpc) is 2.61. The monoisotopic (exact) mass is 205 g/mol.